The Hall–Kier alpha value is -1.84. The molecule has 1 aromatic carbocycles. The van der Waals surface area contributed by atoms with Gasteiger partial charge in [-0.1, -0.05) is 56.5 Å². The summed E-state index contributed by atoms with van der Waals surface area (Å²) in [7, 11) is 0. The van der Waals surface area contributed by atoms with E-state index in [2.05, 4.69) is 6.92 Å². The van der Waals surface area contributed by atoms with Crippen LogP contribution < -0.4 is 0 Å². The molecule has 4 heteroatoms. The minimum absolute atomic E-state index is 0.102. The molecular weight excluding hydrogens is 266 g/mol. The summed E-state index contributed by atoms with van der Waals surface area (Å²) in [6, 6.07) is 9.72. The third-order valence-electron chi connectivity index (χ3n) is 3.79. The van der Waals surface area contributed by atoms with Gasteiger partial charge >= 0.3 is 6.09 Å². The van der Waals surface area contributed by atoms with Crippen molar-refractivity contribution in [1.29, 1.82) is 0 Å². The van der Waals surface area contributed by atoms with Crippen LogP contribution in [-0.4, -0.2) is 29.5 Å². The molecule has 114 valence electrons. The van der Waals surface area contributed by atoms with Crippen molar-refractivity contribution in [2.24, 2.45) is 0 Å². The maximum Gasteiger partial charge on any atom is 0.416 e. The van der Waals surface area contributed by atoms with Crippen molar-refractivity contribution in [3.8, 4) is 0 Å². The van der Waals surface area contributed by atoms with E-state index in [0.717, 1.165) is 31.2 Å². The van der Waals surface area contributed by atoms with Crippen molar-refractivity contribution < 1.29 is 14.3 Å². The average Bonchev–Trinajstić information content (AvgIpc) is 2.85. The molecule has 1 unspecified atom stereocenters. The minimum atomic E-state index is -0.489. The van der Waals surface area contributed by atoms with Crippen LogP contribution in [0.5, 0.6) is 0 Å². The van der Waals surface area contributed by atoms with Gasteiger partial charge in [0.15, 0.2) is 0 Å². The molecule has 1 saturated heterocycles. The predicted octanol–water partition coefficient (Wildman–Crippen LogP) is 3.55. The van der Waals surface area contributed by atoms with Crippen LogP contribution in [0.2, 0.25) is 0 Å². The van der Waals surface area contributed by atoms with Crippen LogP contribution in [0.1, 0.15) is 44.6 Å². The molecule has 0 bridgehead atoms. The molecular formula is C17H23NO3. The number of rotatable bonds is 7. The van der Waals surface area contributed by atoms with Gasteiger partial charge in [-0.3, -0.25) is 4.79 Å². The lowest BCUT2D eigenvalue weighted by molar-refractivity contribution is -0.129. The zero-order chi connectivity index (χ0) is 15.1. The Morgan fingerprint density at radius 3 is 2.71 bits per heavy atom. The lowest BCUT2D eigenvalue weighted by atomic mass is 10.1. The summed E-state index contributed by atoms with van der Waals surface area (Å²) in [5.74, 6) is -0.102. The van der Waals surface area contributed by atoms with E-state index < -0.39 is 6.09 Å². The molecule has 4 nitrogen and oxygen atoms in total. The summed E-state index contributed by atoms with van der Waals surface area (Å²) >= 11 is 0. The number of hydrogen-bond donors (Lipinski definition) is 0. The molecule has 0 N–H and O–H groups in total. The third kappa shape index (κ3) is 4.31. The summed E-state index contributed by atoms with van der Waals surface area (Å²) in [6.07, 6.45) is 4.75. The highest BCUT2D eigenvalue weighted by molar-refractivity contribution is 5.93. The van der Waals surface area contributed by atoms with E-state index in [0.29, 0.717) is 19.4 Å². The molecule has 1 atom stereocenters. The molecule has 2 rings (SSSR count). The maximum absolute atomic E-state index is 12.2. The summed E-state index contributed by atoms with van der Waals surface area (Å²) in [5.41, 5.74) is 1.12. The molecule has 0 radical (unpaired) electrons. The largest absolute Gasteiger partial charge is 0.447 e. The highest BCUT2D eigenvalue weighted by atomic mass is 16.6. The topological polar surface area (TPSA) is 46.6 Å². The number of unbranched alkanes of at least 4 members (excludes halogenated alkanes) is 3. The van der Waals surface area contributed by atoms with Crippen molar-refractivity contribution in [3.05, 3.63) is 35.9 Å². The van der Waals surface area contributed by atoms with Crippen molar-refractivity contribution in [1.82, 2.24) is 4.90 Å². The van der Waals surface area contributed by atoms with Crippen LogP contribution >= 0.6 is 0 Å². The van der Waals surface area contributed by atoms with Gasteiger partial charge in [0.25, 0.3) is 0 Å². The highest BCUT2D eigenvalue weighted by Gasteiger charge is 2.37. The number of carbonyl (C=O) groups excluding carboxylic acids is 2. The van der Waals surface area contributed by atoms with Crippen molar-refractivity contribution in [2.75, 3.05) is 6.61 Å². The average molecular weight is 289 g/mol. The fourth-order valence-electron chi connectivity index (χ4n) is 2.63. The normalized spacial score (nSPS) is 17.9. The van der Waals surface area contributed by atoms with Gasteiger partial charge in [0.1, 0.15) is 6.61 Å². The molecule has 1 aliphatic rings. The van der Waals surface area contributed by atoms with Gasteiger partial charge in [-0.25, -0.2) is 9.69 Å². The minimum Gasteiger partial charge on any atom is -0.447 e. The third-order valence-corrected chi connectivity index (χ3v) is 3.79. The predicted molar refractivity (Wildman–Crippen MR) is 80.9 cm³/mol. The van der Waals surface area contributed by atoms with Gasteiger partial charge in [-0.2, -0.15) is 0 Å². The molecule has 0 aliphatic carbocycles. The molecule has 2 amide bonds. The van der Waals surface area contributed by atoms with Crippen molar-refractivity contribution >= 4 is 12.0 Å². The Morgan fingerprint density at radius 2 is 2.00 bits per heavy atom. The number of cyclic esters (lactones) is 1. The monoisotopic (exact) mass is 289 g/mol. The molecule has 1 aromatic rings. The van der Waals surface area contributed by atoms with Gasteiger partial charge < -0.3 is 4.74 Å². The maximum atomic E-state index is 12.2. The number of amides is 2. The smallest absolute Gasteiger partial charge is 0.416 e. The Morgan fingerprint density at radius 1 is 1.24 bits per heavy atom. The van der Waals surface area contributed by atoms with Gasteiger partial charge in [0, 0.05) is 6.42 Å². The molecule has 0 spiro atoms. The Bertz CT molecular complexity index is 472. The van der Waals surface area contributed by atoms with Crippen LogP contribution in [0.4, 0.5) is 4.79 Å². The first-order valence-corrected chi connectivity index (χ1v) is 7.75. The van der Waals surface area contributed by atoms with E-state index in [1.165, 1.54) is 4.90 Å². The molecule has 0 aromatic heterocycles. The van der Waals surface area contributed by atoms with Crippen LogP contribution in [0.3, 0.4) is 0 Å². The van der Waals surface area contributed by atoms with E-state index >= 15 is 0 Å². The summed E-state index contributed by atoms with van der Waals surface area (Å²) in [4.78, 5) is 25.4. The van der Waals surface area contributed by atoms with Gasteiger partial charge in [-0.05, 0) is 18.4 Å². The van der Waals surface area contributed by atoms with Crippen LogP contribution in [0.25, 0.3) is 0 Å². The van der Waals surface area contributed by atoms with E-state index in [9.17, 15) is 9.59 Å². The van der Waals surface area contributed by atoms with Crippen LogP contribution in [-0.2, 0) is 16.0 Å². The Labute approximate surface area is 126 Å². The molecule has 1 fully saturated rings. The number of ether oxygens (including phenoxy) is 1. The van der Waals surface area contributed by atoms with E-state index in [4.69, 9.17) is 4.74 Å². The quantitative estimate of drug-likeness (QED) is 0.721. The van der Waals surface area contributed by atoms with E-state index in [1.54, 1.807) is 0 Å². The standard InChI is InChI=1S/C17H23NO3/c1-2-3-4-8-11-16(19)18-15(13-21-17(18)20)12-14-9-6-5-7-10-14/h5-7,9-10,15H,2-4,8,11-13H2,1H3. The first-order chi connectivity index (χ1) is 10.2. The summed E-state index contributed by atoms with van der Waals surface area (Å²) in [6.45, 7) is 2.43. The molecule has 1 heterocycles. The van der Waals surface area contributed by atoms with Crippen LogP contribution in [0.15, 0.2) is 30.3 Å². The number of imide groups is 1. The highest BCUT2D eigenvalue weighted by Crippen LogP contribution is 2.19. The SMILES string of the molecule is CCCCCCC(=O)N1C(=O)OCC1Cc1ccccc1. The second-order valence-electron chi connectivity index (χ2n) is 5.49. The van der Waals surface area contributed by atoms with E-state index in [1.807, 2.05) is 30.3 Å². The van der Waals surface area contributed by atoms with Crippen LogP contribution in [0, 0.1) is 0 Å². The lowest BCUT2D eigenvalue weighted by Crippen LogP contribution is -2.40. The second-order valence-corrected chi connectivity index (χ2v) is 5.49. The zero-order valence-electron chi connectivity index (χ0n) is 12.6. The summed E-state index contributed by atoms with van der Waals surface area (Å²) < 4.78 is 5.07. The zero-order valence-corrected chi connectivity index (χ0v) is 12.6. The number of carbonyl (C=O) groups is 2. The summed E-state index contributed by atoms with van der Waals surface area (Å²) in [5, 5.41) is 0. The van der Waals surface area contributed by atoms with Gasteiger partial charge in [-0.15, -0.1) is 0 Å². The second kappa shape index (κ2) is 7.81. The first-order valence-electron chi connectivity index (χ1n) is 7.75. The van der Waals surface area contributed by atoms with Crippen molar-refractivity contribution in [2.45, 2.75) is 51.5 Å². The number of hydrogen-bond acceptors (Lipinski definition) is 3. The fourth-order valence-corrected chi connectivity index (χ4v) is 2.63. The fraction of sp³-hybridized carbons (Fsp3) is 0.529. The van der Waals surface area contributed by atoms with Crippen molar-refractivity contribution in [3.63, 3.8) is 0 Å². The number of benzene rings is 1. The lowest BCUT2D eigenvalue weighted by Gasteiger charge is -2.19. The number of nitrogens with zero attached hydrogens (tertiary/aromatic N) is 1. The van der Waals surface area contributed by atoms with E-state index in [-0.39, 0.29) is 11.9 Å². The molecule has 0 saturated carbocycles. The Balaban J connectivity index is 1.92. The molecule has 21 heavy (non-hydrogen) atoms. The van der Waals surface area contributed by atoms with Gasteiger partial charge in [0.2, 0.25) is 5.91 Å². The Kier molecular flexibility index (Phi) is 5.78. The first kappa shape index (κ1) is 15.5. The van der Waals surface area contributed by atoms with Gasteiger partial charge in [0.05, 0.1) is 6.04 Å². The molecule has 1 aliphatic heterocycles.